The fourth-order valence-corrected chi connectivity index (χ4v) is 3.20. The van der Waals surface area contributed by atoms with Crippen molar-refractivity contribution in [2.45, 2.75) is 39.0 Å². The van der Waals surface area contributed by atoms with Crippen LogP contribution in [0, 0.1) is 12.8 Å². The molecule has 5 nitrogen and oxygen atoms in total. The summed E-state index contributed by atoms with van der Waals surface area (Å²) >= 11 is 0. The minimum atomic E-state index is -0.817. The lowest BCUT2D eigenvalue weighted by Crippen LogP contribution is -2.49. The van der Waals surface area contributed by atoms with Crippen molar-refractivity contribution in [3.8, 4) is 0 Å². The molecule has 0 aliphatic carbocycles. The summed E-state index contributed by atoms with van der Waals surface area (Å²) in [6, 6.07) is 8.00. The van der Waals surface area contributed by atoms with E-state index in [0.29, 0.717) is 26.1 Å². The van der Waals surface area contributed by atoms with E-state index in [4.69, 9.17) is 5.11 Å². The molecule has 1 aromatic carbocycles. The summed E-state index contributed by atoms with van der Waals surface area (Å²) in [6.07, 6.45) is 1.39. The molecule has 1 fully saturated rings. The number of rotatable bonds is 4. The van der Waals surface area contributed by atoms with Crippen LogP contribution in [0.15, 0.2) is 24.3 Å². The van der Waals surface area contributed by atoms with Gasteiger partial charge in [0.15, 0.2) is 0 Å². The van der Waals surface area contributed by atoms with Gasteiger partial charge in [-0.15, -0.1) is 0 Å². The molecule has 1 aliphatic heterocycles. The van der Waals surface area contributed by atoms with Crippen molar-refractivity contribution in [3.05, 3.63) is 35.4 Å². The van der Waals surface area contributed by atoms with Crippen LogP contribution in [0.2, 0.25) is 0 Å². The highest BCUT2D eigenvalue weighted by Crippen LogP contribution is 2.25. The van der Waals surface area contributed by atoms with Gasteiger partial charge in [-0.3, -0.25) is 4.79 Å². The zero-order chi connectivity index (χ0) is 17.0. The van der Waals surface area contributed by atoms with Crippen LogP contribution in [-0.2, 0) is 10.2 Å². The number of carbonyl (C=O) groups excluding carboxylic acids is 1. The molecule has 2 rings (SSSR count). The van der Waals surface area contributed by atoms with Crippen molar-refractivity contribution in [2.75, 3.05) is 19.6 Å². The molecule has 0 aromatic heterocycles. The number of hydrogen-bond acceptors (Lipinski definition) is 2. The summed E-state index contributed by atoms with van der Waals surface area (Å²) in [5, 5.41) is 12.1. The highest BCUT2D eigenvalue weighted by Gasteiger charge is 2.29. The third-order valence-corrected chi connectivity index (χ3v) is 4.61. The van der Waals surface area contributed by atoms with Crippen LogP contribution in [0.3, 0.4) is 0 Å². The van der Waals surface area contributed by atoms with Gasteiger partial charge >= 0.3 is 12.0 Å². The van der Waals surface area contributed by atoms with Gasteiger partial charge in [0.05, 0.1) is 5.92 Å². The van der Waals surface area contributed by atoms with E-state index in [1.165, 1.54) is 11.1 Å². The molecular weight excluding hydrogens is 292 g/mol. The molecule has 2 N–H and O–H groups in total. The quantitative estimate of drug-likeness (QED) is 0.897. The van der Waals surface area contributed by atoms with Crippen molar-refractivity contribution >= 4 is 12.0 Å². The van der Waals surface area contributed by atoms with Gasteiger partial charge in [-0.2, -0.15) is 0 Å². The van der Waals surface area contributed by atoms with Crippen molar-refractivity contribution < 1.29 is 14.7 Å². The number of hydrogen-bond donors (Lipinski definition) is 2. The molecule has 0 saturated carbocycles. The highest BCUT2D eigenvalue weighted by molar-refractivity contribution is 5.76. The normalized spacial score (nSPS) is 18.6. The van der Waals surface area contributed by atoms with Crippen LogP contribution < -0.4 is 5.32 Å². The number of carboxylic acid groups (broad SMARTS) is 1. The highest BCUT2D eigenvalue weighted by atomic mass is 16.4. The number of amides is 2. The third-order valence-electron chi connectivity index (χ3n) is 4.61. The number of aryl methyl sites for hydroxylation is 1. The Labute approximate surface area is 137 Å². The summed E-state index contributed by atoms with van der Waals surface area (Å²) in [7, 11) is 0. The number of carbonyl (C=O) groups is 2. The van der Waals surface area contributed by atoms with E-state index in [1.807, 2.05) is 12.1 Å². The Morgan fingerprint density at radius 3 is 2.70 bits per heavy atom. The second-order valence-electron chi connectivity index (χ2n) is 6.98. The van der Waals surface area contributed by atoms with Crippen molar-refractivity contribution in [1.29, 1.82) is 0 Å². The van der Waals surface area contributed by atoms with Gasteiger partial charge in [0.25, 0.3) is 0 Å². The average molecular weight is 318 g/mol. The predicted molar refractivity (Wildman–Crippen MR) is 89.5 cm³/mol. The van der Waals surface area contributed by atoms with Crippen LogP contribution in [-0.4, -0.2) is 41.6 Å². The second-order valence-corrected chi connectivity index (χ2v) is 6.98. The summed E-state index contributed by atoms with van der Waals surface area (Å²) in [6.45, 7) is 7.72. The number of benzene rings is 1. The Bertz CT molecular complexity index is 583. The summed E-state index contributed by atoms with van der Waals surface area (Å²) in [5.74, 6) is -1.26. The van der Waals surface area contributed by atoms with E-state index in [9.17, 15) is 9.59 Å². The minimum absolute atomic E-state index is 0.169. The lowest BCUT2D eigenvalue weighted by Gasteiger charge is -2.33. The maximum Gasteiger partial charge on any atom is 0.317 e. The van der Waals surface area contributed by atoms with Gasteiger partial charge in [-0.25, -0.2) is 4.79 Å². The Morgan fingerprint density at radius 1 is 1.35 bits per heavy atom. The Balaban J connectivity index is 1.96. The first-order chi connectivity index (χ1) is 10.8. The van der Waals surface area contributed by atoms with Gasteiger partial charge in [0.1, 0.15) is 0 Å². The predicted octanol–water partition coefficient (Wildman–Crippen LogP) is 2.78. The zero-order valence-electron chi connectivity index (χ0n) is 14.1. The first-order valence-corrected chi connectivity index (χ1v) is 8.13. The van der Waals surface area contributed by atoms with E-state index in [1.54, 1.807) is 4.90 Å². The molecule has 0 spiro atoms. The van der Waals surface area contributed by atoms with Crippen LogP contribution >= 0.6 is 0 Å². The maximum absolute atomic E-state index is 12.4. The van der Waals surface area contributed by atoms with Crippen LogP contribution in [0.4, 0.5) is 4.79 Å². The van der Waals surface area contributed by atoms with E-state index >= 15 is 0 Å². The number of piperidine rings is 1. The van der Waals surface area contributed by atoms with Gasteiger partial charge in [-0.1, -0.05) is 38.1 Å². The fourth-order valence-electron chi connectivity index (χ4n) is 3.20. The molecule has 5 heteroatoms. The molecule has 0 bridgehead atoms. The number of likely N-dealkylation sites (tertiary alicyclic amines) is 1. The molecule has 1 atom stereocenters. The van der Waals surface area contributed by atoms with Crippen LogP contribution in [0.5, 0.6) is 0 Å². The number of urea groups is 1. The Morgan fingerprint density at radius 2 is 2.04 bits per heavy atom. The Hall–Kier alpha value is -2.04. The summed E-state index contributed by atoms with van der Waals surface area (Å²) in [4.78, 5) is 25.1. The van der Waals surface area contributed by atoms with Gasteiger partial charge < -0.3 is 15.3 Å². The molecule has 1 aromatic rings. The van der Waals surface area contributed by atoms with Crippen LogP contribution in [0.25, 0.3) is 0 Å². The van der Waals surface area contributed by atoms with Gasteiger partial charge in [0.2, 0.25) is 0 Å². The number of nitrogens with one attached hydrogen (secondary N) is 1. The van der Waals surface area contributed by atoms with Crippen molar-refractivity contribution in [3.63, 3.8) is 0 Å². The number of aliphatic carboxylic acids is 1. The number of nitrogens with zero attached hydrogens (tertiary/aromatic N) is 1. The number of carboxylic acids is 1. The molecule has 1 aliphatic rings. The van der Waals surface area contributed by atoms with Crippen LogP contribution in [0.1, 0.15) is 37.8 Å². The first-order valence-electron chi connectivity index (χ1n) is 8.13. The van der Waals surface area contributed by atoms with Crippen molar-refractivity contribution in [2.24, 2.45) is 5.92 Å². The SMILES string of the molecule is Cc1ccccc1C(C)(C)CNC(=O)N1CCCC(C(=O)O)C1. The zero-order valence-corrected chi connectivity index (χ0v) is 14.1. The van der Waals surface area contributed by atoms with E-state index in [0.717, 1.165) is 6.42 Å². The summed E-state index contributed by atoms with van der Waals surface area (Å²) < 4.78 is 0. The smallest absolute Gasteiger partial charge is 0.317 e. The second kappa shape index (κ2) is 7.02. The molecule has 126 valence electrons. The largest absolute Gasteiger partial charge is 0.481 e. The maximum atomic E-state index is 12.4. The van der Waals surface area contributed by atoms with Gasteiger partial charge in [0, 0.05) is 25.0 Å². The third kappa shape index (κ3) is 4.24. The van der Waals surface area contributed by atoms with Gasteiger partial charge in [-0.05, 0) is 30.9 Å². The average Bonchev–Trinajstić information content (AvgIpc) is 2.53. The fraction of sp³-hybridized carbons (Fsp3) is 0.556. The molecule has 1 unspecified atom stereocenters. The molecule has 1 saturated heterocycles. The molecule has 23 heavy (non-hydrogen) atoms. The molecule has 1 heterocycles. The standard InChI is InChI=1S/C18H26N2O3/c1-13-7-4-5-9-15(13)18(2,3)12-19-17(23)20-10-6-8-14(11-20)16(21)22/h4-5,7,9,14H,6,8,10-12H2,1-3H3,(H,19,23)(H,21,22). The molecule has 2 amide bonds. The topological polar surface area (TPSA) is 69.6 Å². The molecule has 0 radical (unpaired) electrons. The van der Waals surface area contributed by atoms with Crippen molar-refractivity contribution in [1.82, 2.24) is 10.2 Å². The first kappa shape index (κ1) is 17.3. The minimum Gasteiger partial charge on any atom is -0.481 e. The van der Waals surface area contributed by atoms with E-state index < -0.39 is 11.9 Å². The summed E-state index contributed by atoms with van der Waals surface area (Å²) in [5.41, 5.74) is 2.24. The van der Waals surface area contributed by atoms with E-state index in [-0.39, 0.29) is 11.4 Å². The monoisotopic (exact) mass is 318 g/mol. The van der Waals surface area contributed by atoms with E-state index in [2.05, 4.69) is 38.2 Å². The molecular formula is C18H26N2O3. The lowest BCUT2D eigenvalue weighted by atomic mass is 9.82. The Kier molecular flexibility index (Phi) is 5.29. The lowest BCUT2D eigenvalue weighted by molar-refractivity contribution is -0.143.